The van der Waals surface area contributed by atoms with Crippen molar-refractivity contribution in [1.82, 2.24) is 33.6 Å². The Bertz CT molecular complexity index is 1270. The number of nitrogens with zero attached hydrogens (tertiary/aromatic N) is 7. The molecule has 1 aliphatic rings. The third kappa shape index (κ3) is 4.78. The van der Waals surface area contributed by atoms with Crippen LogP contribution in [0.25, 0.3) is 0 Å². The summed E-state index contributed by atoms with van der Waals surface area (Å²) in [6, 6.07) is 0. The van der Waals surface area contributed by atoms with Crippen molar-refractivity contribution in [2.75, 3.05) is 18.4 Å². The van der Waals surface area contributed by atoms with Crippen molar-refractivity contribution >= 4 is 21.6 Å². The Morgan fingerprint density at radius 2 is 1.91 bits per heavy atom. The van der Waals surface area contributed by atoms with Crippen LogP contribution in [-0.2, 0) is 34.5 Å². The molecular weight excluding hydrogens is 456 g/mol. The van der Waals surface area contributed by atoms with Crippen molar-refractivity contribution in [3.63, 3.8) is 0 Å². The highest BCUT2D eigenvalue weighted by atomic mass is 32.2. The number of hydrogen-bond donors (Lipinski definition) is 1. The molecule has 1 unspecified atom stereocenters. The lowest BCUT2D eigenvalue weighted by molar-refractivity contribution is -0.120. The molecule has 0 radical (unpaired) electrons. The number of nitrogens with one attached hydrogen (secondary N) is 1. The molecule has 4 rings (SSSR count). The van der Waals surface area contributed by atoms with Gasteiger partial charge in [0.15, 0.2) is 0 Å². The van der Waals surface area contributed by atoms with Crippen molar-refractivity contribution in [3.8, 4) is 0 Å². The van der Waals surface area contributed by atoms with Gasteiger partial charge in [-0.15, -0.1) is 0 Å². The second-order valence-corrected chi connectivity index (χ2v) is 10.5. The summed E-state index contributed by atoms with van der Waals surface area (Å²) in [5.74, 6) is -0.631. The standard InChI is InChI=1S/C22H32N8O3S/c1-5-27-15-21(16(3)26-27)34(32,33)29-9-7-8-18(13-29)22(31)25-20-11-23-28(14-20)12-19-10-24-30(6-2)17(19)4/h10-11,14-15,18H,5-9,12-13H2,1-4H3,(H,25,31). The van der Waals surface area contributed by atoms with Gasteiger partial charge in [0.25, 0.3) is 0 Å². The van der Waals surface area contributed by atoms with E-state index in [4.69, 9.17) is 0 Å². The minimum absolute atomic E-state index is 0.147. The molecule has 34 heavy (non-hydrogen) atoms. The maximum atomic E-state index is 13.2. The van der Waals surface area contributed by atoms with Crippen LogP contribution in [0.5, 0.6) is 0 Å². The molecule has 0 aromatic carbocycles. The van der Waals surface area contributed by atoms with Crippen LogP contribution in [0, 0.1) is 19.8 Å². The minimum Gasteiger partial charge on any atom is -0.323 e. The number of anilines is 1. The van der Waals surface area contributed by atoms with E-state index in [-0.39, 0.29) is 17.3 Å². The topological polar surface area (TPSA) is 120 Å². The molecule has 184 valence electrons. The van der Waals surface area contributed by atoms with E-state index >= 15 is 0 Å². The molecule has 11 nitrogen and oxygen atoms in total. The molecule has 1 amide bonds. The molecule has 0 spiro atoms. The molecule has 1 atom stereocenters. The summed E-state index contributed by atoms with van der Waals surface area (Å²) < 4.78 is 33.1. The average Bonchev–Trinajstić information content (AvgIpc) is 3.53. The number of piperidine rings is 1. The summed E-state index contributed by atoms with van der Waals surface area (Å²) in [7, 11) is -3.71. The van der Waals surface area contributed by atoms with Gasteiger partial charge in [-0.3, -0.25) is 18.8 Å². The second kappa shape index (κ2) is 9.71. The maximum Gasteiger partial charge on any atom is 0.246 e. The highest BCUT2D eigenvalue weighted by molar-refractivity contribution is 7.89. The maximum absolute atomic E-state index is 13.2. The van der Waals surface area contributed by atoms with E-state index < -0.39 is 15.9 Å². The van der Waals surface area contributed by atoms with Gasteiger partial charge in [-0.25, -0.2) is 8.42 Å². The SMILES string of the molecule is CCn1cc(S(=O)(=O)N2CCCC(C(=O)Nc3cnn(Cc4cnn(CC)c4C)c3)C2)c(C)n1. The Morgan fingerprint density at radius 3 is 2.59 bits per heavy atom. The van der Waals surface area contributed by atoms with Gasteiger partial charge in [0, 0.05) is 49.8 Å². The molecule has 0 bridgehead atoms. The third-order valence-corrected chi connectivity index (χ3v) is 8.30. The van der Waals surface area contributed by atoms with E-state index in [1.807, 2.05) is 31.6 Å². The lowest BCUT2D eigenvalue weighted by Crippen LogP contribution is -2.43. The fourth-order valence-corrected chi connectivity index (χ4v) is 6.01. The molecule has 0 aliphatic carbocycles. The van der Waals surface area contributed by atoms with Gasteiger partial charge in [0.05, 0.1) is 36.2 Å². The largest absolute Gasteiger partial charge is 0.323 e. The Hall–Kier alpha value is -2.99. The van der Waals surface area contributed by atoms with Crippen molar-refractivity contribution in [1.29, 1.82) is 0 Å². The Kier molecular flexibility index (Phi) is 6.89. The molecule has 3 aromatic heterocycles. The molecule has 0 saturated carbocycles. The molecule has 1 N–H and O–H groups in total. The molecular formula is C22H32N8O3S. The number of amides is 1. The number of carbonyl (C=O) groups is 1. The van der Waals surface area contributed by atoms with Gasteiger partial charge in [-0.1, -0.05) is 0 Å². The van der Waals surface area contributed by atoms with Crippen LogP contribution in [0.15, 0.2) is 29.7 Å². The highest BCUT2D eigenvalue weighted by Crippen LogP contribution is 2.26. The number of hydrogen-bond acceptors (Lipinski definition) is 6. The zero-order chi connectivity index (χ0) is 24.5. The molecule has 3 aromatic rings. The van der Waals surface area contributed by atoms with Crippen molar-refractivity contribution in [3.05, 3.63) is 41.7 Å². The molecule has 1 fully saturated rings. The first-order chi connectivity index (χ1) is 16.2. The van der Waals surface area contributed by atoms with E-state index in [0.29, 0.717) is 43.9 Å². The van der Waals surface area contributed by atoms with Gasteiger partial charge >= 0.3 is 0 Å². The monoisotopic (exact) mass is 488 g/mol. The van der Waals surface area contributed by atoms with E-state index in [1.165, 1.54) is 4.31 Å². The number of carbonyl (C=O) groups excluding carboxylic acids is 1. The van der Waals surface area contributed by atoms with Gasteiger partial charge in [0.2, 0.25) is 15.9 Å². The Balaban J connectivity index is 1.41. The predicted molar refractivity (Wildman–Crippen MR) is 127 cm³/mol. The molecule has 4 heterocycles. The first kappa shape index (κ1) is 24.1. The van der Waals surface area contributed by atoms with Crippen LogP contribution in [0.4, 0.5) is 5.69 Å². The minimum atomic E-state index is -3.71. The zero-order valence-electron chi connectivity index (χ0n) is 20.1. The normalized spacial score (nSPS) is 17.2. The van der Waals surface area contributed by atoms with Gasteiger partial charge in [-0.05, 0) is 40.5 Å². The highest BCUT2D eigenvalue weighted by Gasteiger charge is 2.35. The first-order valence-electron chi connectivity index (χ1n) is 11.6. The fourth-order valence-electron chi connectivity index (χ4n) is 4.32. The third-order valence-electron chi connectivity index (χ3n) is 6.34. The van der Waals surface area contributed by atoms with Crippen LogP contribution >= 0.6 is 0 Å². The number of rotatable bonds is 8. The summed E-state index contributed by atoms with van der Waals surface area (Å²) >= 11 is 0. The summed E-state index contributed by atoms with van der Waals surface area (Å²) in [5.41, 5.74) is 3.22. The first-order valence-corrected chi connectivity index (χ1v) is 13.1. The number of aromatic nitrogens is 6. The lowest BCUT2D eigenvalue weighted by atomic mass is 9.99. The smallest absolute Gasteiger partial charge is 0.246 e. The quantitative estimate of drug-likeness (QED) is 0.518. The number of sulfonamides is 1. The summed E-state index contributed by atoms with van der Waals surface area (Å²) in [5, 5.41) is 15.9. The van der Waals surface area contributed by atoms with Crippen LogP contribution < -0.4 is 5.32 Å². The van der Waals surface area contributed by atoms with Crippen molar-refractivity contribution in [2.24, 2.45) is 5.92 Å². The van der Waals surface area contributed by atoms with Crippen molar-refractivity contribution < 1.29 is 13.2 Å². The van der Waals surface area contributed by atoms with Gasteiger partial charge in [-0.2, -0.15) is 19.6 Å². The second-order valence-electron chi connectivity index (χ2n) is 8.62. The van der Waals surface area contributed by atoms with Crippen LogP contribution in [0.2, 0.25) is 0 Å². The van der Waals surface area contributed by atoms with E-state index in [1.54, 1.807) is 34.9 Å². The average molecular weight is 489 g/mol. The summed E-state index contributed by atoms with van der Waals surface area (Å²) in [4.78, 5) is 13.2. The Labute approximate surface area is 199 Å². The summed E-state index contributed by atoms with van der Waals surface area (Å²) in [6.07, 6.45) is 8.04. The molecule has 1 saturated heterocycles. The van der Waals surface area contributed by atoms with Crippen molar-refractivity contribution in [2.45, 2.75) is 65.1 Å². The fraction of sp³-hybridized carbons (Fsp3) is 0.545. The molecule has 12 heteroatoms. The van der Waals surface area contributed by atoms with Gasteiger partial charge in [0.1, 0.15) is 4.90 Å². The Morgan fingerprint density at radius 1 is 1.12 bits per heavy atom. The summed E-state index contributed by atoms with van der Waals surface area (Å²) in [6.45, 7) is 10.2. The number of aryl methyl sites for hydroxylation is 3. The zero-order valence-corrected chi connectivity index (χ0v) is 20.9. The predicted octanol–water partition coefficient (Wildman–Crippen LogP) is 2.02. The lowest BCUT2D eigenvalue weighted by Gasteiger charge is -2.30. The van der Waals surface area contributed by atoms with E-state index in [9.17, 15) is 13.2 Å². The van der Waals surface area contributed by atoms with Crippen LogP contribution in [0.1, 0.15) is 43.6 Å². The van der Waals surface area contributed by atoms with Crippen LogP contribution in [-0.4, -0.2) is 61.1 Å². The molecule has 1 aliphatic heterocycles. The van der Waals surface area contributed by atoms with E-state index in [0.717, 1.165) is 17.8 Å². The van der Waals surface area contributed by atoms with Crippen LogP contribution in [0.3, 0.4) is 0 Å². The van der Waals surface area contributed by atoms with Gasteiger partial charge < -0.3 is 5.32 Å². The van der Waals surface area contributed by atoms with E-state index in [2.05, 4.69) is 20.6 Å².